The number of rotatable bonds is 6. The number of nitrogens with zero attached hydrogens (tertiary/aromatic N) is 4. The Morgan fingerprint density at radius 2 is 1.94 bits per heavy atom. The third-order valence-electron chi connectivity index (χ3n) is 6.60. The zero-order chi connectivity index (χ0) is 21.2. The van der Waals surface area contributed by atoms with E-state index in [0.717, 1.165) is 49.3 Å². The van der Waals surface area contributed by atoms with Gasteiger partial charge in [0.1, 0.15) is 11.5 Å². The number of carbonyl (C=O) groups is 1. The van der Waals surface area contributed by atoms with E-state index in [2.05, 4.69) is 20.5 Å². The van der Waals surface area contributed by atoms with Crippen LogP contribution in [0.15, 0.2) is 60.8 Å². The Hall–Kier alpha value is -3.06. The van der Waals surface area contributed by atoms with Crippen LogP contribution >= 0.6 is 0 Å². The minimum atomic E-state index is -0.262. The van der Waals surface area contributed by atoms with E-state index >= 15 is 0 Å². The maximum Gasteiger partial charge on any atom is 0.224 e. The van der Waals surface area contributed by atoms with Crippen molar-refractivity contribution in [1.82, 2.24) is 25.2 Å². The molecule has 0 aliphatic carbocycles. The number of fused-ring (bicyclic) bond motifs is 3. The van der Waals surface area contributed by atoms with Crippen LogP contribution in [-0.4, -0.2) is 44.9 Å². The van der Waals surface area contributed by atoms with Crippen LogP contribution < -0.4 is 5.32 Å². The Kier molecular flexibility index (Phi) is 5.51. The summed E-state index contributed by atoms with van der Waals surface area (Å²) >= 11 is 0. The van der Waals surface area contributed by atoms with Crippen molar-refractivity contribution >= 4 is 5.91 Å². The van der Waals surface area contributed by atoms with Gasteiger partial charge < -0.3 is 5.32 Å². The zero-order valence-electron chi connectivity index (χ0n) is 17.3. The van der Waals surface area contributed by atoms with Crippen LogP contribution in [0, 0.1) is 17.7 Å². The van der Waals surface area contributed by atoms with E-state index in [1.165, 1.54) is 12.1 Å². The van der Waals surface area contributed by atoms with Crippen LogP contribution in [-0.2, 0) is 17.9 Å². The zero-order valence-corrected chi connectivity index (χ0v) is 17.3. The molecule has 2 bridgehead atoms. The van der Waals surface area contributed by atoms with Gasteiger partial charge in [0.25, 0.3) is 0 Å². The number of carbonyl (C=O) groups excluding carboxylic acids is 1. The summed E-state index contributed by atoms with van der Waals surface area (Å²) in [5.74, 6) is 0.243. The average molecular weight is 420 g/mol. The van der Waals surface area contributed by atoms with Gasteiger partial charge in [-0.05, 0) is 43.0 Å². The van der Waals surface area contributed by atoms with Crippen molar-refractivity contribution in [1.29, 1.82) is 0 Å². The molecule has 31 heavy (non-hydrogen) atoms. The molecule has 0 spiro atoms. The number of halogens is 1. The summed E-state index contributed by atoms with van der Waals surface area (Å²) in [4.78, 5) is 15.2. The minimum absolute atomic E-state index is 0.0149. The van der Waals surface area contributed by atoms with Gasteiger partial charge in [0.05, 0.1) is 18.7 Å². The number of piperidine rings is 3. The smallest absolute Gasteiger partial charge is 0.224 e. The normalized spacial score (nSPS) is 24.8. The second-order valence-electron chi connectivity index (χ2n) is 8.58. The summed E-state index contributed by atoms with van der Waals surface area (Å²) in [6.45, 7) is 3.04. The van der Waals surface area contributed by atoms with Gasteiger partial charge in [-0.2, -0.15) is 0 Å². The molecule has 4 atom stereocenters. The molecule has 3 aliphatic rings. The third-order valence-corrected chi connectivity index (χ3v) is 6.60. The van der Waals surface area contributed by atoms with Gasteiger partial charge in [0, 0.05) is 24.7 Å². The number of amides is 1. The van der Waals surface area contributed by atoms with Gasteiger partial charge in [0.15, 0.2) is 0 Å². The highest BCUT2D eigenvalue weighted by Crippen LogP contribution is 2.37. The SMILES string of the molecule is O=C(NCc1ccc(F)cc1)[C@H]1CN2CC[C@@H]1C[C@@H]2Cn1cc(-c2ccccc2)nn1. The maximum atomic E-state index is 13.1. The summed E-state index contributed by atoms with van der Waals surface area (Å²) in [6.07, 6.45) is 4.05. The lowest BCUT2D eigenvalue weighted by Gasteiger charge is -2.49. The lowest BCUT2D eigenvalue weighted by molar-refractivity contribution is -0.133. The Labute approximate surface area is 181 Å². The molecule has 0 saturated carbocycles. The molecule has 1 aromatic heterocycles. The largest absolute Gasteiger partial charge is 0.352 e. The lowest BCUT2D eigenvalue weighted by Crippen LogP contribution is -2.57. The predicted molar refractivity (Wildman–Crippen MR) is 115 cm³/mol. The number of benzene rings is 2. The molecule has 7 heteroatoms. The summed E-state index contributed by atoms with van der Waals surface area (Å²) in [5.41, 5.74) is 2.86. The summed E-state index contributed by atoms with van der Waals surface area (Å²) in [7, 11) is 0. The molecule has 6 rings (SSSR count). The molecule has 160 valence electrons. The first kappa shape index (κ1) is 19.9. The molecule has 3 saturated heterocycles. The highest BCUT2D eigenvalue weighted by molar-refractivity contribution is 5.79. The molecule has 1 N–H and O–H groups in total. The lowest BCUT2D eigenvalue weighted by atomic mass is 9.75. The number of aromatic nitrogens is 3. The Morgan fingerprint density at radius 1 is 1.13 bits per heavy atom. The Balaban J connectivity index is 1.18. The van der Waals surface area contributed by atoms with Crippen molar-refractivity contribution < 1.29 is 9.18 Å². The van der Waals surface area contributed by atoms with Crippen LogP contribution in [0.25, 0.3) is 11.3 Å². The van der Waals surface area contributed by atoms with Gasteiger partial charge in [-0.1, -0.05) is 47.7 Å². The van der Waals surface area contributed by atoms with Crippen molar-refractivity contribution in [2.75, 3.05) is 13.1 Å². The molecular weight excluding hydrogens is 393 g/mol. The van der Waals surface area contributed by atoms with E-state index in [9.17, 15) is 9.18 Å². The molecule has 6 nitrogen and oxygen atoms in total. The van der Waals surface area contributed by atoms with Gasteiger partial charge in [-0.25, -0.2) is 4.39 Å². The molecule has 3 fully saturated rings. The van der Waals surface area contributed by atoms with Crippen LogP contribution in [0.1, 0.15) is 18.4 Å². The third kappa shape index (κ3) is 4.37. The average Bonchev–Trinajstić information content (AvgIpc) is 3.28. The van der Waals surface area contributed by atoms with Crippen molar-refractivity contribution in [2.24, 2.45) is 11.8 Å². The van der Waals surface area contributed by atoms with Crippen LogP contribution in [0.3, 0.4) is 0 Å². The molecule has 4 heterocycles. The first-order chi connectivity index (χ1) is 15.2. The van der Waals surface area contributed by atoms with E-state index in [0.29, 0.717) is 18.5 Å². The fourth-order valence-electron chi connectivity index (χ4n) is 4.89. The highest BCUT2D eigenvalue weighted by Gasteiger charge is 2.43. The van der Waals surface area contributed by atoms with Crippen molar-refractivity contribution in [3.8, 4) is 11.3 Å². The minimum Gasteiger partial charge on any atom is -0.352 e. The highest BCUT2D eigenvalue weighted by atomic mass is 19.1. The van der Waals surface area contributed by atoms with Gasteiger partial charge in [0.2, 0.25) is 5.91 Å². The van der Waals surface area contributed by atoms with E-state index in [4.69, 9.17) is 0 Å². The topological polar surface area (TPSA) is 63.1 Å². The quantitative estimate of drug-likeness (QED) is 0.667. The summed E-state index contributed by atoms with van der Waals surface area (Å²) < 4.78 is 15.0. The van der Waals surface area contributed by atoms with Crippen molar-refractivity contribution in [2.45, 2.75) is 32.0 Å². The second kappa shape index (κ2) is 8.59. The predicted octanol–water partition coefficient (Wildman–Crippen LogP) is 3.11. The first-order valence-electron chi connectivity index (χ1n) is 10.9. The monoisotopic (exact) mass is 419 g/mol. The molecule has 3 aliphatic heterocycles. The van der Waals surface area contributed by atoms with Crippen molar-refractivity contribution in [3.63, 3.8) is 0 Å². The fourth-order valence-corrected chi connectivity index (χ4v) is 4.89. The molecule has 1 amide bonds. The first-order valence-corrected chi connectivity index (χ1v) is 10.9. The summed E-state index contributed by atoms with van der Waals surface area (Å²) in [6, 6.07) is 16.7. The van der Waals surface area contributed by atoms with Crippen molar-refractivity contribution in [3.05, 3.63) is 72.2 Å². The molecule has 2 aromatic carbocycles. The van der Waals surface area contributed by atoms with Gasteiger partial charge in [-0.15, -0.1) is 5.10 Å². The van der Waals surface area contributed by atoms with Crippen LogP contribution in [0.2, 0.25) is 0 Å². The second-order valence-corrected chi connectivity index (χ2v) is 8.58. The van der Waals surface area contributed by atoms with Crippen LogP contribution in [0.4, 0.5) is 4.39 Å². The summed E-state index contributed by atoms with van der Waals surface area (Å²) in [5, 5.41) is 11.7. The number of nitrogens with one attached hydrogen (secondary N) is 1. The van der Waals surface area contributed by atoms with Gasteiger partial charge >= 0.3 is 0 Å². The standard InChI is InChI=1S/C24H26FN5O/c25-20-8-6-17(7-9-20)13-26-24(31)22-15-29-11-10-19(22)12-21(29)14-30-16-23(27-28-30)18-4-2-1-3-5-18/h1-9,16,19,21-22H,10-15H2,(H,26,31)/t19-,21-,22+/m1/s1. The van der Waals surface area contributed by atoms with E-state index in [1.54, 1.807) is 12.1 Å². The maximum absolute atomic E-state index is 13.1. The van der Waals surface area contributed by atoms with E-state index in [1.807, 2.05) is 41.2 Å². The van der Waals surface area contributed by atoms with E-state index in [-0.39, 0.29) is 17.6 Å². The van der Waals surface area contributed by atoms with Gasteiger partial charge in [-0.3, -0.25) is 14.4 Å². The fraction of sp³-hybridized carbons (Fsp3) is 0.375. The van der Waals surface area contributed by atoms with E-state index < -0.39 is 0 Å². The Bertz CT molecular complexity index is 1040. The Morgan fingerprint density at radius 3 is 2.68 bits per heavy atom. The molecule has 1 unspecified atom stereocenters. The van der Waals surface area contributed by atoms with Crippen LogP contribution in [0.5, 0.6) is 0 Å². The molecule has 3 aromatic rings. The molecular formula is C24H26FN5O. The number of hydrogen-bond donors (Lipinski definition) is 1. The molecule has 0 radical (unpaired) electrons. The number of hydrogen-bond acceptors (Lipinski definition) is 4.